The summed E-state index contributed by atoms with van der Waals surface area (Å²) in [7, 11) is 0. The zero-order valence-electron chi connectivity index (χ0n) is 14.7. The average Bonchev–Trinajstić information content (AvgIpc) is 3.08. The molecule has 0 atom stereocenters. The highest BCUT2D eigenvalue weighted by Crippen LogP contribution is 2.30. The van der Waals surface area contributed by atoms with Crippen molar-refractivity contribution in [1.82, 2.24) is 4.57 Å². The number of hydrogen-bond acceptors (Lipinski definition) is 1. The first-order valence-corrected chi connectivity index (χ1v) is 9.05. The summed E-state index contributed by atoms with van der Waals surface area (Å²) >= 11 is 0. The Labute approximate surface area is 157 Å². The number of pyridine rings is 1. The lowest BCUT2D eigenvalue weighted by Gasteiger charge is -2.07. The summed E-state index contributed by atoms with van der Waals surface area (Å²) in [6.45, 7) is 0.772. The van der Waals surface area contributed by atoms with Crippen LogP contribution in [-0.4, -0.2) is 4.57 Å². The van der Waals surface area contributed by atoms with Gasteiger partial charge in [0.2, 0.25) is 11.2 Å². The van der Waals surface area contributed by atoms with Gasteiger partial charge < -0.3 is 9.77 Å². The van der Waals surface area contributed by atoms with E-state index < -0.39 is 0 Å². The standard InChI is InChI=1S/C24H18N2O/c27-26-22-12-6-4-10-19(22)14-15-24(26)21-17-25(16-18-8-2-1-3-9-18)23-13-7-5-11-20(21)23/h1-15,17H,16H2. The fourth-order valence-corrected chi connectivity index (χ4v) is 3.74. The maximum atomic E-state index is 13.0. The van der Waals surface area contributed by atoms with Crippen LogP contribution in [0.1, 0.15) is 5.56 Å². The van der Waals surface area contributed by atoms with Gasteiger partial charge in [0.1, 0.15) is 0 Å². The molecule has 27 heavy (non-hydrogen) atoms. The van der Waals surface area contributed by atoms with Crippen LogP contribution in [-0.2, 0) is 6.54 Å². The van der Waals surface area contributed by atoms with Crippen molar-refractivity contribution in [3.05, 3.63) is 108 Å². The van der Waals surface area contributed by atoms with Crippen LogP contribution in [0, 0.1) is 5.21 Å². The lowest BCUT2D eigenvalue weighted by atomic mass is 10.1. The molecule has 0 aliphatic heterocycles. The molecule has 0 saturated carbocycles. The van der Waals surface area contributed by atoms with Gasteiger partial charge in [0.25, 0.3) is 0 Å². The third kappa shape index (κ3) is 2.64. The highest BCUT2D eigenvalue weighted by molar-refractivity contribution is 5.95. The van der Waals surface area contributed by atoms with E-state index in [1.165, 1.54) is 5.56 Å². The summed E-state index contributed by atoms with van der Waals surface area (Å²) in [4.78, 5) is 0. The third-order valence-electron chi connectivity index (χ3n) is 5.06. The minimum absolute atomic E-state index is 0.678. The first-order chi connectivity index (χ1) is 13.3. The summed E-state index contributed by atoms with van der Waals surface area (Å²) in [5, 5.41) is 15.1. The molecule has 0 radical (unpaired) electrons. The second-order valence-electron chi connectivity index (χ2n) is 6.75. The third-order valence-corrected chi connectivity index (χ3v) is 5.06. The van der Waals surface area contributed by atoms with Crippen LogP contribution in [0.4, 0.5) is 0 Å². The quantitative estimate of drug-likeness (QED) is 0.327. The van der Waals surface area contributed by atoms with Gasteiger partial charge in [-0.05, 0) is 23.8 Å². The zero-order valence-corrected chi connectivity index (χ0v) is 14.7. The summed E-state index contributed by atoms with van der Waals surface area (Å²) in [6.07, 6.45) is 2.09. The van der Waals surface area contributed by atoms with Crippen LogP contribution in [0.2, 0.25) is 0 Å². The first kappa shape index (κ1) is 15.6. The van der Waals surface area contributed by atoms with Crippen LogP contribution in [0.25, 0.3) is 33.1 Å². The van der Waals surface area contributed by atoms with E-state index in [2.05, 4.69) is 47.2 Å². The molecule has 3 nitrogen and oxygen atoms in total. The lowest BCUT2D eigenvalue weighted by Crippen LogP contribution is -2.29. The molecule has 2 heterocycles. The van der Waals surface area contributed by atoms with Crippen molar-refractivity contribution in [3.63, 3.8) is 0 Å². The van der Waals surface area contributed by atoms with E-state index in [9.17, 15) is 5.21 Å². The second-order valence-corrected chi connectivity index (χ2v) is 6.75. The summed E-state index contributed by atoms with van der Waals surface area (Å²) < 4.78 is 3.26. The molecule has 0 aliphatic carbocycles. The molecule has 5 aromatic rings. The number of fused-ring (bicyclic) bond motifs is 2. The Balaban J connectivity index is 1.71. The van der Waals surface area contributed by atoms with E-state index in [4.69, 9.17) is 0 Å². The second kappa shape index (κ2) is 6.29. The molecule has 0 aliphatic rings. The highest BCUT2D eigenvalue weighted by Gasteiger charge is 2.18. The van der Waals surface area contributed by atoms with Crippen molar-refractivity contribution in [2.24, 2.45) is 0 Å². The molecule has 3 heteroatoms. The van der Waals surface area contributed by atoms with Crippen LogP contribution in [0.15, 0.2) is 97.2 Å². The molecule has 0 fully saturated rings. The topological polar surface area (TPSA) is 31.9 Å². The molecule has 5 rings (SSSR count). The summed E-state index contributed by atoms with van der Waals surface area (Å²) in [5.74, 6) is 0. The molecule has 3 aromatic carbocycles. The summed E-state index contributed by atoms with van der Waals surface area (Å²) in [5.41, 5.74) is 4.69. The van der Waals surface area contributed by atoms with Gasteiger partial charge in [0.05, 0.1) is 5.56 Å². The smallest absolute Gasteiger partial charge is 0.226 e. The molecular formula is C24H18N2O. The number of para-hydroxylation sites is 2. The minimum Gasteiger partial charge on any atom is -0.618 e. The van der Waals surface area contributed by atoms with Gasteiger partial charge in [-0.15, -0.1) is 0 Å². The Morgan fingerprint density at radius 2 is 1.48 bits per heavy atom. The van der Waals surface area contributed by atoms with E-state index in [0.717, 1.165) is 33.1 Å². The Kier molecular flexibility index (Phi) is 3.65. The first-order valence-electron chi connectivity index (χ1n) is 9.05. The van der Waals surface area contributed by atoms with Gasteiger partial charge in [-0.25, -0.2) is 0 Å². The number of nitrogens with zero attached hydrogens (tertiary/aromatic N) is 2. The van der Waals surface area contributed by atoms with E-state index in [-0.39, 0.29) is 0 Å². The van der Waals surface area contributed by atoms with Crippen molar-refractivity contribution < 1.29 is 4.73 Å². The highest BCUT2D eigenvalue weighted by atomic mass is 16.5. The van der Waals surface area contributed by atoms with Gasteiger partial charge in [-0.1, -0.05) is 60.7 Å². The van der Waals surface area contributed by atoms with Gasteiger partial charge in [0, 0.05) is 41.2 Å². The molecule has 130 valence electrons. The van der Waals surface area contributed by atoms with Crippen LogP contribution >= 0.6 is 0 Å². The van der Waals surface area contributed by atoms with Crippen molar-refractivity contribution in [2.45, 2.75) is 6.54 Å². The molecule has 0 saturated heterocycles. The van der Waals surface area contributed by atoms with Crippen LogP contribution in [0.5, 0.6) is 0 Å². The largest absolute Gasteiger partial charge is 0.618 e. The maximum absolute atomic E-state index is 13.0. The molecule has 0 bridgehead atoms. The molecule has 0 spiro atoms. The Morgan fingerprint density at radius 1 is 0.741 bits per heavy atom. The van der Waals surface area contributed by atoms with Gasteiger partial charge in [0.15, 0.2) is 0 Å². The van der Waals surface area contributed by atoms with E-state index in [1.54, 1.807) is 0 Å². The number of rotatable bonds is 3. The van der Waals surface area contributed by atoms with Crippen LogP contribution in [0.3, 0.4) is 0 Å². The number of hydrogen-bond donors (Lipinski definition) is 0. The lowest BCUT2D eigenvalue weighted by molar-refractivity contribution is -0.564. The van der Waals surface area contributed by atoms with E-state index in [0.29, 0.717) is 11.2 Å². The van der Waals surface area contributed by atoms with Gasteiger partial charge in [-0.3, -0.25) is 0 Å². The molecule has 0 unspecified atom stereocenters. The van der Waals surface area contributed by atoms with Gasteiger partial charge in [-0.2, -0.15) is 4.73 Å². The van der Waals surface area contributed by atoms with Crippen molar-refractivity contribution in [2.75, 3.05) is 0 Å². The van der Waals surface area contributed by atoms with Crippen molar-refractivity contribution in [3.8, 4) is 11.3 Å². The summed E-state index contributed by atoms with van der Waals surface area (Å²) in [6, 6.07) is 30.3. The molecule has 0 N–H and O–H groups in total. The fraction of sp³-hybridized carbons (Fsp3) is 0.0417. The zero-order chi connectivity index (χ0) is 18.2. The van der Waals surface area contributed by atoms with Crippen LogP contribution < -0.4 is 4.73 Å². The predicted molar refractivity (Wildman–Crippen MR) is 109 cm³/mol. The molecular weight excluding hydrogens is 332 g/mol. The Bertz CT molecular complexity index is 1260. The SMILES string of the molecule is [O-][n+]1c(-c2cn(Cc3ccccc3)c3ccccc23)ccc2ccccc21. The van der Waals surface area contributed by atoms with Gasteiger partial charge >= 0.3 is 0 Å². The predicted octanol–water partition coefficient (Wildman–Crippen LogP) is 5.14. The van der Waals surface area contributed by atoms with E-state index >= 15 is 0 Å². The monoisotopic (exact) mass is 350 g/mol. The molecule has 0 amide bonds. The van der Waals surface area contributed by atoms with Crippen molar-refractivity contribution in [1.29, 1.82) is 0 Å². The fourth-order valence-electron chi connectivity index (χ4n) is 3.74. The Hall–Kier alpha value is -3.59. The number of aromatic nitrogens is 2. The van der Waals surface area contributed by atoms with Crippen molar-refractivity contribution >= 4 is 21.8 Å². The number of benzene rings is 3. The molecule has 2 aromatic heterocycles. The maximum Gasteiger partial charge on any atom is 0.226 e. The van der Waals surface area contributed by atoms with E-state index in [1.807, 2.05) is 54.6 Å². The Morgan fingerprint density at radius 3 is 2.37 bits per heavy atom. The normalized spacial score (nSPS) is 11.3. The minimum atomic E-state index is 0.678. The average molecular weight is 350 g/mol.